The van der Waals surface area contributed by atoms with Crippen molar-refractivity contribution in [2.75, 3.05) is 6.54 Å². The van der Waals surface area contributed by atoms with Gasteiger partial charge in [-0.25, -0.2) is 0 Å². The monoisotopic (exact) mass is 357 g/mol. The molecule has 3 aromatic rings. The fourth-order valence-corrected chi connectivity index (χ4v) is 4.98. The summed E-state index contributed by atoms with van der Waals surface area (Å²) in [6.07, 6.45) is 3.89. The molecule has 0 aliphatic heterocycles. The van der Waals surface area contributed by atoms with Crippen LogP contribution in [0.3, 0.4) is 0 Å². The standard InChI is InChI=1S/C24H23NO2/c26-23(12-11-17-6-5-13-27-17)25-15-16-14-22-18-7-1-3-9-20(18)24(16)21-10-4-2-8-19(21)22/h1-10,13,16,22,24H,11-12,14-15H2,(H,25,26)/t16-,22?,24?/m0/s1. The quantitative estimate of drug-likeness (QED) is 0.724. The van der Waals surface area contributed by atoms with Crippen LogP contribution >= 0.6 is 0 Å². The van der Waals surface area contributed by atoms with Gasteiger partial charge in [-0.2, -0.15) is 0 Å². The Bertz CT molecular complexity index is 913. The van der Waals surface area contributed by atoms with Crippen LogP contribution in [0.25, 0.3) is 0 Å². The van der Waals surface area contributed by atoms with E-state index >= 15 is 0 Å². The zero-order valence-electron chi connectivity index (χ0n) is 15.2. The Balaban J connectivity index is 1.32. The molecule has 27 heavy (non-hydrogen) atoms. The van der Waals surface area contributed by atoms with Crippen LogP contribution in [-0.4, -0.2) is 12.5 Å². The van der Waals surface area contributed by atoms with Gasteiger partial charge in [0.15, 0.2) is 0 Å². The number of carbonyl (C=O) groups is 1. The lowest BCUT2D eigenvalue weighted by Crippen LogP contribution is -2.39. The lowest BCUT2D eigenvalue weighted by molar-refractivity contribution is -0.121. The highest BCUT2D eigenvalue weighted by atomic mass is 16.3. The molecule has 6 rings (SSSR count). The third kappa shape index (κ3) is 2.87. The van der Waals surface area contributed by atoms with Crippen molar-refractivity contribution in [2.45, 2.75) is 31.1 Å². The smallest absolute Gasteiger partial charge is 0.220 e. The molecule has 3 aliphatic carbocycles. The second-order valence-corrected chi connectivity index (χ2v) is 7.67. The Hall–Kier alpha value is -2.81. The van der Waals surface area contributed by atoms with Crippen molar-refractivity contribution < 1.29 is 9.21 Å². The minimum absolute atomic E-state index is 0.106. The number of furan rings is 1. The molecule has 2 bridgehead atoms. The Labute approximate surface area is 159 Å². The molecule has 3 nitrogen and oxygen atoms in total. The van der Waals surface area contributed by atoms with E-state index in [-0.39, 0.29) is 5.91 Å². The Morgan fingerprint density at radius 2 is 1.59 bits per heavy atom. The molecule has 1 N–H and O–H groups in total. The highest BCUT2D eigenvalue weighted by molar-refractivity contribution is 5.76. The summed E-state index contributed by atoms with van der Waals surface area (Å²) in [6.45, 7) is 0.737. The first-order valence-electron chi connectivity index (χ1n) is 9.78. The average molecular weight is 357 g/mol. The van der Waals surface area contributed by atoms with E-state index in [1.807, 2.05) is 12.1 Å². The van der Waals surface area contributed by atoms with E-state index in [2.05, 4.69) is 53.8 Å². The maximum Gasteiger partial charge on any atom is 0.220 e. The van der Waals surface area contributed by atoms with Gasteiger partial charge in [0.2, 0.25) is 5.91 Å². The van der Waals surface area contributed by atoms with E-state index in [9.17, 15) is 4.79 Å². The van der Waals surface area contributed by atoms with Crippen molar-refractivity contribution in [3.63, 3.8) is 0 Å². The summed E-state index contributed by atoms with van der Waals surface area (Å²) in [4.78, 5) is 12.3. The Morgan fingerprint density at radius 3 is 2.22 bits per heavy atom. The molecular formula is C24H23NO2. The van der Waals surface area contributed by atoms with Crippen molar-refractivity contribution in [3.05, 3.63) is 94.9 Å². The summed E-state index contributed by atoms with van der Waals surface area (Å²) in [5, 5.41) is 3.18. The van der Waals surface area contributed by atoms with E-state index in [1.54, 1.807) is 6.26 Å². The summed E-state index contributed by atoms with van der Waals surface area (Å²) in [5.74, 6) is 2.26. The molecule has 0 radical (unpaired) electrons. The zero-order chi connectivity index (χ0) is 18.2. The first-order chi connectivity index (χ1) is 13.3. The summed E-state index contributed by atoms with van der Waals surface area (Å²) in [6, 6.07) is 21.5. The van der Waals surface area contributed by atoms with Crippen LogP contribution in [0.4, 0.5) is 0 Å². The van der Waals surface area contributed by atoms with Crippen molar-refractivity contribution >= 4 is 5.91 Å². The zero-order valence-corrected chi connectivity index (χ0v) is 15.2. The van der Waals surface area contributed by atoms with Crippen molar-refractivity contribution in [2.24, 2.45) is 5.92 Å². The summed E-state index contributed by atoms with van der Waals surface area (Å²) >= 11 is 0. The normalized spacial score (nSPS) is 22.1. The number of nitrogens with one attached hydrogen (secondary N) is 1. The van der Waals surface area contributed by atoms with E-state index in [1.165, 1.54) is 22.3 Å². The molecule has 1 atom stereocenters. The number of fused-ring (bicyclic) bond motifs is 1. The Morgan fingerprint density at radius 1 is 0.926 bits per heavy atom. The highest BCUT2D eigenvalue weighted by Gasteiger charge is 2.42. The van der Waals surface area contributed by atoms with Crippen molar-refractivity contribution in [1.82, 2.24) is 5.32 Å². The number of amides is 1. The molecule has 0 saturated heterocycles. The Kier molecular flexibility index (Phi) is 4.08. The van der Waals surface area contributed by atoms with E-state index < -0.39 is 0 Å². The molecule has 0 spiro atoms. The van der Waals surface area contributed by atoms with Gasteiger partial charge in [-0.05, 0) is 46.7 Å². The predicted octanol–water partition coefficient (Wildman–Crippen LogP) is 4.63. The maximum absolute atomic E-state index is 12.3. The number of hydrogen-bond acceptors (Lipinski definition) is 2. The number of rotatable bonds is 5. The largest absolute Gasteiger partial charge is 0.469 e. The first-order valence-corrected chi connectivity index (χ1v) is 9.78. The molecule has 3 heteroatoms. The first kappa shape index (κ1) is 16.4. The topological polar surface area (TPSA) is 42.2 Å². The molecule has 0 saturated carbocycles. The molecule has 1 heterocycles. The molecule has 136 valence electrons. The second-order valence-electron chi connectivity index (χ2n) is 7.67. The van der Waals surface area contributed by atoms with Crippen molar-refractivity contribution in [1.29, 1.82) is 0 Å². The van der Waals surface area contributed by atoms with Gasteiger partial charge in [0, 0.05) is 31.2 Å². The van der Waals surface area contributed by atoms with E-state index in [0.29, 0.717) is 30.6 Å². The van der Waals surface area contributed by atoms with Crippen LogP contribution in [0.1, 0.15) is 52.7 Å². The van der Waals surface area contributed by atoms with E-state index in [4.69, 9.17) is 4.42 Å². The van der Waals surface area contributed by atoms with Gasteiger partial charge in [-0.3, -0.25) is 4.79 Å². The summed E-state index contributed by atoms with van der Waals surface area (Å²) in [5.41, 5.74) is 5.84. The molecule has 2 aromatic carbocycles. The predicted molar refractivity (Wildman–Crippen MR) is 105 cm³/mol. The van der Waals surface area contributed by atoms with Crippen molar-refractivity contribution in [3.8, 4) is 0 Å². The fourth-order valence-electron chi connectivity index (χ4n) is 4.98. The molecule has 1 amide bonds. The maximum atomic E-state index is 12.3. The van der Waals surface area contributed by atoms with Crippen LogP contribution in [0.2, 0.25) is 0 Å². The molecule has 1 aromatic heterocycles. The van der Waals surface area contributed by atoms with E-state index in [0.717, 1.165) is 18.7 Å². The number of hydrogen-bond donors (Lipinski definition) is 1. The molecule has 0 fully saturated rings. The van der Waals surface area contributed by atoms with Crippen LogP contribution in [-0.2, 0) is 11.2 Å². The number of carbonyl (C=O) groups excluding carboxylic acids is 1. The average Bonchev–Trinajstić information content (AvgIpc) is 3.24. The van der Waals surface area contributed by atoms with Gasteiger partial charge in [0.05, 0.1) is 6.26 Å². The molecular weight excluding hydrogens is 334 g/mol. The summed E-state index contributed by atoms with van der Waals surface area (Å²) in [7, 11) is 0. The van der Waals surface area contributed by atoms with Gasteiger partial charge in [-0.1, -0.05) is 48.5 Å². The SMILES string of the molecule is O=C(CCc1ccco1)NC[C@@H]1CC2c3ccccc3C1c1ccccc12. The number of benzene rings is 2. The van der Waals surface area contributed by atoms with Gasteiger partial charge in [-0.15, -0.1) is 0 Å². The van der Waals surface area contributed by atoms with Crippen LogP contribution < -0.4 is 5.32 Å². The van der Waals surface area contributed by atoms with Gasteiger partial charge in [0.1, 0.15) is 5.76 Å². The lowest BCUT2D eigenvalue weighted by atomic mass is 9.59. The molecule has 0 unspecified atom stereocenters. The fraction of sp³-hybridized carbons (Fsp3) is 0.292. The van der Waals surface area contributed by atoms with Gasteiger partial charge >= 0.3 is 0 Å². The van der Waals surface area contributed by atoms with Crippen LogP contribution in [0, 0.1) is 5.92 Å². The second kappa shape index (κ2) is 6.73. The lowest BCUT2D eigenvalue weighted by Gasteiger charge is -2.45. The summed E-state index contributed by atoms with van der Waals surface area (Å²) < 4.78 is 5.32. The minimum Gasteiger partial charge on any atom is -0.469 e. The third-order valence-electron chi connectivity index (χ3n) is 6.16. The van der Waals surface area contributed by atoms with Crippen LogP contribution in [0.15, 0.2) is 71.3 Å². The highest BCUT2D eigenvalue weighted by Crippen LogP contribution is 2.55. The number of aryl methyl sites for hydroxylation is 1. The van der Waals surface area contributed by atoms with Crippen LogP contribution in [0.5, 0.6) is 0 Å². The van der Waals surface area contributed by atoms with Gasteiger partial charge in [0.25, 0.3) is 0 Å². The third-order valence-corrected chi connectivity index (χ3v) is 6.16. The minimum atomic E-state index is 0.106. The van der Waals surface area contributed by atoms with Gasteiger partial charge < -0.3 is 9.73 Å². The molecule has 3 aliphatic rings.